The highest BCUT2D eigenvalue weighted by Crippen LogP contribution is 2.35. The first-order valence-electron chi connectivity index (χ1n) is 7.87. The van der Waals surface area contributed by atoms with Crippen LogP contribution in [0.25, 0.3) is 11.1 Å². The first kappa shape index (κ1) is 20.2. The van der Waals surface area contributed by atoms with E-state index in [4.69, 9.17) is 32.7 Å². The van der Waals surface area contributed by atoms with E-state index in [1.165, 1.54) is 38.7 Å². The first-order chi connectivity index (χ1) is 13.4. The van der Waals surface area contributed by atoms with Gasteiger partial charge in [-0.1, -0.05) is 35.3 Å². The normalized spacial score (nSPS) is 11.1. The van der Waals surface area contributed by atoms with Crippen molar-refractivity contribution in [1.82, 2.24) is 9.97 Å². The number of ether oxygens (including phenoxy) is 2. The minimum atomic E-state index is -3.99. The van der Waals surface area contributed by atoms with Crippen LogP contribution in [0.3, 0.4) is 0 Å². The Bertz CT molecular complexity index is 1110. The average Bonchev–Trinajstić information content (AvgIpc) is 2.68. The lowest BCUT2D eigenvalue weighted by molar-refractivity contribution is 0.354. The number of rotatable bonds is 6. The zero-order valence-electron chi connectivity index (χ0n) is 14.8. The average molecular weight is 440 g/mol. The summed E-state index contributed by atoms with van der Waals surface area (Å²) >= 11 is 12.1. The summed E-state index contributed by atoms with van der Waals surface area (Å²) < 4.78 is 38.5. The molecule has 0 atom stereocenters. The van der Waals surface area contributed by atoms with Crippen LogP contribution < -0.4 is 14.2 Å². The molecule has 3 aromatic rings. The first-order valence-corrected chi connectivity index (χ1v) is 10.1. The van der Waals surface area contributed by atoms with Crippen LogP contribution >= 0.6 is 23.2 Å². The lowest BCUT2D eigenvalue weighted by Crippen LogP contribution is -2.15. The lowest BCUT2D eigenvalue weighted by Gasteiger charge is -2.14. The molecule has 0 unspecified atom stereocenters. The molecule has 0 radical (unpaired) electrons. The van der Waals surface area contributed by atoms with Crippen LogP contribution in [0.1, 0.15) is 0 Å². The molecule has 0 aliphatic carbocycles. The van der Waals surface area contributed by atoms with Crippen LogP contribution in [0.4, 0.5) is 5.82 Å². The number of aromatic nitrogens is 2. The highest BCUT2D eigenvalue weighted by molar-refractivity contribution is 7.92. The summed E-state index contributed by atoms with van der Waals surface area (Å²) in [7, 11) is -1.10. The van der Waals surface area contributed by atoms with Gasteiger partial charge in [-0.05, 0) is 29.8 Å². The molecule has 10 heteroatoms. The van der Waals surface area contributed by atoms with Crippen LogP contribution in [-0.2, 0) is 10.0 Å². The minimum Gasteiger partial charge on any atom is -0.493 e. The lowest BCUT2D eigenvalue weighted by atomic mass is 10.1. The Kier molecular flexibility index (Phi) is 5.93. The molecule has 0 amide bonds. The third kappa shape index (κ3) is 4.14. The predicted molar refractivity (Wildman–Crippen MR) is 108 cm³/mol. The zero-order valence-corrected chi connectivity index (χ0v) is 17.1. The SMILES string of the molecule is COc1ccc(S(=O)(=O)Nc2ncnc(Cl)c2-c2ccc(Cl)cc2)cc1OC. The molecule has 0 fully saturated rings. The van der Waals surface area contributed by atoms with E-state index in [2.05, 4.69) is 14.7 Å². The molecule has 0 bridgehead atoms. The van der Waals surface area contributed by atoms with E-state index < -0.39 is 10.0 Å². The van der Waals surface area contributed by atoms with Gasteiger partial charge < -0.3 is 9.47 Å². The van der Waals surface area contributed by atoms with E-state index in [9.17, 15) is 8.42 Å². The van der Waals surface area contributed by atoms with Gasteiger partial charge in [0.1, 0.15) is 11.5 Å². The Morgan fingerprint density at radius 3 is 2.25 bits per heavy atom. The van der Waals surface area contributed by atoms with E-state index >= 15 is 0 Å². The number of halogens is 2. The van der Waals surface area contributed by atoms with Crippen molar-refractivity contribution in [2.75, 3.05) is 18.9 Å². The van der Waals surface area contributed by atoms with Gasteiger partial charge in [0.15, 0.2) is 17.3 Å². The summed E-state index contributed by atoms with van der Waals surface area (Å²) in [6.07, 6.45) is 1.17. The van der Waals surface area contributed by atoms with E-state index in [-0.39, 0.29) is 21.6 Å². The van der Waals surface area contributed by atoms with E-state index in [0.29, 0.717) is 21.9 Å². The van der Waals surface area contributed by atoms with Gasteiger partial charge in [-0.2, -0.15) is 0 Å². The molecule has 1 heterocycles. The summed E-state index contributed by atoms with van der Waals surface area (Å²) in [5, 5.41) is 0.631. The quantitative estimate of drug-likeness (QED) is 0.576. The molecular weight excluding hydrogens is 425 g/mol. The molecule has 1 N–H and O–H groups in total. The van der Waals surface area contributed by atoms with Crippen LogP contribution in [0.5, 0.6) is 11.5 Å². The molecule has 2 aromatic carbocycles. The molecule has 3 rings (SSSR count). The maximum absolute atomic E-state index is 12.9. The topological polar surface area (TPSA) is 90.4 Å². The number of hydrogen-bond acceptors (Lipinski definition) is 6. The molecule has 7 nitrogen and oxygen atoms in total. The van der Waals surface area contributed by atoms with Crippen molar-refractivity contribution in [1.29, 1.82) is 0 Å². The van der Waals surface area contributed by atoms with Gasteiger partial charge in [-0.3, -0.25) is 4.72 Å². The molecule has 0 saturated heterocycles. The summed E-state index contributed by atoms with van der Waals surface area (Å²) in [5.74, 6) is 0.731. The summed E-state index contributed by atoms with van der Waals surface area (Å²) in [4.78, 5) is 7.97. The number of nitrogens with zero attached hydrogens (tertiary/aromatic N) is 2. The largest absolute Gasteiger partial charge is 0.493 e. The second-order valence-corrected chi connectivity index (χ2v) is 7.99. The van der Waals surface area contributed by atoms with Crippen LogP contribution in [0.15, 0.2) is 53.7 Å². The second kappa shape index (κ2) is 8.22. The van der Waals surface area contributed by atoms with Crippen LogP contribution in [-0.4, -0.2) is 32.6 Å². The van der Waals surface area contributed by atoms with Crippen LogP contribution in [0, 0.1) is 0 Å². The molecule has 0 aliphatic rings. The van der Waals surface area contributed by atoms with Gasteiger partial charge in [0, 0.05) is 11.1 Å². The van der Waals surface area contributed by atoms with Crippen LogP contribution in [0.2, 0.25) is 10.2 Å². The molecule has 146 valence electrons. The molecule has 0 aliphatic heterocycles. The Morgan fingerprint density at radius 1 is 0.929 bits per heavy atom. The molecular formula is C18H15Cl2N3O4S. The van der Waals surface area contributed by atoms with Crippen molar-refractivity contribution < 1.29 is 17.9 Å². The molecule has 1 aromatic heterocycles. The van der Waals surface area contributed by atoms with Gasteiger partial charge in [-0.15, -0.1) is 0 Å². The van der Waals surface area contributed by atoms with Crippen molar-refractivity contribution in [3.05, 3.63) is 59.0 Å². The summed E-state index contributed by atoms with van der Waals surface area (Å²) in [6.45, 7) is 0. The summed E-state index contributed by atoms with van der Waals surface area (Å²) in [5.41, 5.74) is 0.949. The second-order valence-electron chi connectivity index (χ2n) is 5.52. The standard InChI is InChI=1S/C18H15Cl2N3O4S/c1-26-14-8-7-13(9-15(14)27-2)28(24,25)23-18-16(17(20)21-10-22-18)11-3-5-12(19)6-4-11/h3-10H,1-2H3,(H,21,22,23). The maximum Gasteiger partial charge on any atom is 0.263 e. The number of benzene rings is 2. The fourth-order valence-electron chi connectivity index (χ4n) is 2.48. The van der Waals surface area contributed by atoms with E-state index in [0.717, 1.165) is 0 Å². The fraction of sp³-hybridized carbons (Fsp3) is 0.111. The molecule has 0 spiro atoms. The summed E-state index contributed by atoms with van der Waals surface area (Å²) in [6, 6.07) is 11.0. The van der Waals surface area contributed by atoms with Gasteiger partial charge in [-0.25, -0.2) is 18.4 Å². The number of nitrogens with one attached hydrogen (secondary N) is 1. The van der Waals surface area contributed by atoms with E-state index in [1.54, 1.807) is 24.3 Å². The van der Waals surface area contributed by atoms with Crippen molar-refractivity contribution in [2.45, 2.75) is 4.90 Å². The Hall–Kier alpha value is -2.55. The third-order valence-corrected chi connectivity index (χ3v) is 5.71. The smallest absolute Gasteiger partial charge is 0.263 e. The van der Waals surface area contributed by atoms with Gasteiger partial charge in [0.25, 0.3) is 10.0 Å². The Labute approximate surface area is 172 Å². The van der Waals surface area contributed by atoms with Crippen molar-refractivity contribution >= 4 is 39.0 Å². The Morgan fingerprint density at radius 2 is 1.61 bits per heavy atom. The zero-order chi connectivity index (χ0) is 20.3. The van der Waals surface area contributed by atoms with Crippen molar-refractivity contribution in [3.8, 4) is 22.6 Å². The van der Waals surface area contributed by atoms with Gasteiger partial charge in [0.05, 0.1) is 24.7 Å². The molecule has 28 heavy (non-hydrogen) atoms. The highest BCUT2D eigenvalue weighted by atomic mass is 35.5. The van der Waals surface area contributed by atoms with E-state index in [1.807, 2.05) is 0 Å². The van der Waals surface area contributed by atoms with Crippen molar-refractivity contribution in [2.24, 2.45) is 0 Å². The fourth-order valence-corrected chi connectivity index (χ4v) is 3.89. The number of anilines is 1. The monoisotopic (exact) mass is 439 g/mol. The molecule has 0 saturated carbocycles. The minimum absolute atomic E-state index is 0.0260. The van der Waals surface area contributed by atoms with Gasteiger partial charge in [0.2, 0.25) is 0 Å². The number of hydrogen-bond donors (Lipinski definition) is 1. The number of methoxy groups -OCH3 is 2. The number of sulfonamides is 1. The predicted octanol–water partition coefficient (Wildman–Crippen LogP) is 4.27. The van der Waals surface area contributed by atoms with Gasteiger partial charge >= 0.3 is 0 Å². The van der Waals surface area contributed by atoms with Crippen molar-refractivity contribution in [3.63, 3.8) is 0 Å². The maximum atomic E-state index is 12.9. The highest BCUT2D eigenvalue weighted by Gasteiger charge is 2.21. The third-order valence-electron chi connectivity index (χ3n) is 3.83. The Balaban J connectivity index is 2.04.